The number of fused-ring (bicyclic) bond motifs is 1. The van der Waals surface area contributed by atoms with Gasteiger partial charge in [-0.1, -0.05) is 35.8 Å². The van der Waals surface area contributed by atoms with Gasteiger partial charge in [0.1, 0.15) is 17.8 Å². The van der Waals surface area contributed by atoms with Gasteiger partial charge in [0.2, 0.25) is 0 Å². The lowest BCUT2D eigenvalue weighted by atomic mass is 9.64. The van der Waals surface area contributed by atoms with Crippen LogP contribution in [0.2, 0.25) is 0 Å². The lowest BCUT2D eigenvalue weighted by Crippen LogP contribution is -2.27. The number of hydrogen-bond donors (Lipinski definition) is 1. The molecule has 0 saturated heterocycles. The highest BCUT2D eigenvalue weighted by Gasteiger charge is 2.21. The van der Waals surface area contributed by atoms with Crippen LogP contribution in [-0.4, -0.2) is 21.8 Å². The number of hydrogen-bond acceptors (Lipinski definition) is 3. The van der Waals surface area contributed by atoms with E-state index in [9.17, 15) is 0 Å². The predicted molar refractivity (Wildman–Crippen MR) is 89.8 cm³/mol. The first kappa shape index (κ1) is 13.7. The van der Waals surface area contributed by atoms with Crippen LogP contribution < -0.4 is 16.7 Å². The molecule has 0 aliphatic rings. The number of rotatable bonds is 2. The van der Waals surface area contributed by atoms with E-state index in [1.807, 2.05) is 6.07 Å². The van der Waals surface area contributed by atoms with Crippen molar-refractivity contribution in [3.05, 3.63) is 42.9 Å². The molecule has 106 valence electrons. The third-order valence-corrected chi connectivity index (χ3v) is 3.65. The van der Waals surface area contributed by atoms with Crippen molar-refractivity contribution in [3.8, 4) is 0 Å². The van der Waals surface area contributed by atoms with Gasteiger partial charge in [-0.2, -0.15) is 0 Å². The fourth-order valence-electron chi connectivity index (χ4n) is 2.62. The number of nitrogens with two attached hydrogens (primary N) is 1. The molecule has 3 rings (SSSR count). The lowest BCUT2D eigenvalue weighted by Gasteiger charge is -2.21. The van der Waals surface area contributed by atoms with Crippen LogP contribution in [0.15, 0.2) is 42.9 Å². The predicted octanol–water partition coefficient (Wildman–Crippen LogP) is 1.16. The third-order valence-electron chi connectivity index (χ3n) is 3.65. The van der Waals surface area contributed by atoms with E-state index in [1.165, 1.54) is 17.3 Å². The molecule has 0 aliphatic carbocycles. The molecule has 2 aromatic heterocycles. The van der Waals surface area contributed by atoms with Gasteiger partial charge in [0.25, 0.3) is 0 Å². The topological polar surface area (TPSA) is 56.7 Å². The largest absolute Gasteiger partial charge is 0.383 e. The van der Waals surface area contributed by atoms with Crippen molar-refractivity contribution in [2.75, 3.05) is 5.73 Å². The van der Waals surface area contributed by atoms with Crippen molar-refractivity contribution in [2.24, 2.45) is 0 Å². The van der Waals surface area contributed by atoms with Crippen LogP contribution in [0, 0.1) is 0 Å². The first-order valence-electron chi connectivity index (χ1n) is 7.11. The summed E-state index contributed by atoms with van der Waals surface area (Å²) >= 11 is 0. The van der Waals surface area contributed by atoms with Gasteiger partial charge in [-0.3, -0.25) is 0 Å². The second-order valence-electron chi connectivity index (χ2n) is 6.32. The summed E-state index contributed by atoms with van der Waals surface area (Å²) in [6, 6.07) is 10.4. The normalized spacial score (nSPS) is 11.8. The molecular weight excluding hydrogens is 259 g/mol. The summed E-state index contributed by atoms with van der Waals surface area (Å²) in [7, 11) is 0.831. The fourth-order valence-corrected chi connectivity index (χ4v) is 2.62. The van der Waals surface area contributed by atoms with Gasteiger partial charge < -0.3 is 10.3 Å². The molecule has 0 radical (unpaired) electrons. The van der Waals surface area contributed by atoms with Crippen LogP contribution in [-0.2, 0) is 5.54 Å². The van der Waals surface area contributed by atoms with E-state index >= 15 is 0 Å². The molecule has 4 nitrogen and oxygen atoms in total. The van der Waals surface area contributed by atoms with Crippen molar-refractivity contribution in [3.63, 3.8) is 0 Å². The Morgan fingerprint density at radius 3 is 2.48 bits per heavy atom. The number of benzene rings is 1. The molecule has 0 fully saturated rings. The average Bonchev–Trinajstić information content (AvgIpc) is 2.80. The van der Waals surface area contributed by atoms with Crippen molar-refractivity contribution in [1.29, 1.82) is 0 Å². The Labute approximate surface area is 125 Å². The van der Waals surface area contributed by atoms with Gasteiger partial charge in [-0.15, -0.1) is 0 Å². The first-order valence-corrected chi connectivity index (χ1v) is 7.11. The van der Waals surface area contributed by atoms with Crippen molar-refractivity contribution < 1.29 is 0 Å². The zero-order valence-electron chi connectivity index (χ0n) is 12.7. The zero-order chi connectivity index (χ0) is 15.0. The molecule has 0 bridgehead atoms. The van der Waals surface area contributed by atoms with Crippen LogP contribution in [0.3, 0.4) is 0 Å². The van der Waals surface area contributed by atoms with Crippen molar-refractivity contribution in [2.45, 2.75) is 26.3 Å². The smallest absolute Gasteiger partial charge is 0.195 e. The van der Waals surface area contributed by atoms with Gasteiger partial charge in [0.05, 0.1) is 5.39 Å². The van der Waals surface area contributed by atoms with E-state index in [4.69, 9.17) is 5.73 Å². The summed E-state index contributed by atoms with van der Waals surface area (Å²) in [5, 5.41) is 0.969. The van der Waals surface area contributed by atoms with Crippen LogP contribution in [0.4, 0.5) is 5.82 Å². The first-order chi connectivity index (χ1) is 9.97. The quantitative estimate of drug-likeness (QED) is 0.716. The molecule has 3 aromatic rings. The molecular formula is C16H19BN4. The van der Waals surface area contributed by atoms with Gasteiger partial charge in [0, 0.05) is 11.7 Å². The maximum absolute atomic E-state index is 6.10. The summed E-state index contributed by atoms with van der Waals surface area (Å²) in [5.41, 5.74) is 9.39. The summed E-state index contributed by atoms with van der Waals surface area (Å²) < 4.78 is 2.18. The molecule has 0 atom stereocenters. The third kappa shape index (κ3) is 2.51. The van der Waals surface area contributed by atoms with E-state index in [0.29, 0.717) is 5.82 Å². The minimum atomic E-state index is -0.0476. The second-order valence-corrected chi connectivity index (χ2v) is 6.32. The number of nitrogen functional groups attached to an aromatic ring is 1. The van der Waals surface area contributed by atoms with Crippen LogP contribution in [0.25, 0.3) is 11.0 Å². The average molecular weight is 278 g/mol. The molecule has 21 heavy (non-hydrogen) atoms. The standard InChI is InChI=1S/C16H19BN4/c1-16(2,3)21-9-12(17-11-7-5-4-6-8-11)13-14(18)19-10-20-15(13)21/h4-10,17H,1-3H3,(H2,18,19,20). The zero-order valence-corrected chi connectivity index (χ0v) is 12.7. The van der Waals surface area contributed by atoms with Gasteiger partial charge in [-0.05, 0) is 26.2 Å². The molecule has 0 amide bonds. The van der Waals surface area contributed by atoms with Crippen molar-refractivity contribution in [1.82, 2.24) is 14.5 Å². The minimum Gasteiger partial charge on any atom is -0.383 e. The van der Waals surface area contributed by atoms with E-state index in [0.717, 1.165) is 18.3 Å². The maximum Gasteiger partial charge on any atom is 0.195 e. The maximum atomic E-state index is 6.10. The van der Waals surface area contributed by atoms with E-state index in [2.05, 4.69) is 65.8 Å². The molecule has 2 N–H and O–H groups in total. The summed E-state index contributed by atoms with van der Waals surface area (Å²) in [4.78, 5) is 8.60. The van der Waals surface area contributed by atoms with E-state index in [-0.39, 0.29) is 5.54 Å². The van der Waals surface area contributed by atoms with Gasteiger partial charge >= 0.3 is 0 Å². The van der Waals surface area contributed by atoms with Crippen molar-refractivity contribution >= 4 is 35.1 Å². The van der Waals surface area contributed by atoms with E-state index in [1.54, 1.807) is 0 Å². The molecule has 0 spiro atoms. The fraction of sp³-hybridized carbons (Fsp3) is 0.250. The minimum absolute atomic E-state index is 0.0476. The summed E-state index contributed by atoms with van der Waals surface area (Å²) in [6.07, 6.45) is 3.69. The Kier molecular flexibility index (Phi) is 3.20. The molecule has 0 aliphatic heterocycles. The SMILES string of the molecule is CC(C)(C)n1cc(Bc2ccccc2)c2c(N)ncnc21. The number of anilines is 1. The Morgan fingerprint density at radius 1 is 1.10 bits per heavy atom. The Hall–Kier alpha value is -2.30. The molecule has 0 saturated carbocycles. The molecule has 2 heterocycles. The monoisotopic (exact) mass is 278 g/mol. The number of nitrogens with zero attached hydrogens (tertiary/aromatic N) is 3. The van der Waals surface area contributed by atoms with Gasteiger partial charge in [0.15, 0.2) is 7.28 Å². The highest BCUT2D eigenvalue weighted by Crippen LogP contribution is 2.23. The highest BCUT2D eigenvalue weighted by molar-refractivity contribution is 6.70. The second kappa shape index (κ2) is 4.92. The lowest BCUT2D eigenvalue weighted by molar-refractivity contribution is 0.409. The Balaban J connectivity index is 2.19. The highest BCUT2D eigenvalue weighted by atomic mass is 15.1. The van der Waals surface area contributed by atoms with Gasteiger partial charge in [-0.25, -0.2) is 9.97 Å². The summed E-state index contributed by atoms with van der Waals surface area (Å²) in [5.74, 6) is 0.550. The van der Waals surface area contributed by atoms with Crippen LogP contribution in [0.5, 0.6) is 0 Å². The Morgan fingerprint density at radius 2 is 1.81 bits per heavy atom. The van der Waals surface area contributed by atoms with E-state index < -0.39 is 0 Å². The molecule has 5 heteroatoms. The molecule has 1 aromatic carbocycles. The Bertz CT molecular complexity index is 772. The number of aromatic nitrogens is 3. The summed E-state index contributed by atoms with van der Waals surface area (Å²) in [6.45, 7) is 6.49. The molecule has 0 unspecified atom stereocenters. The van der Waals surface area contributed by atoms with Crippen LogP contribution >= 0.6 is 0 Å². The van der Waals surface area contributed by atoms with Crippen LogP contribution in [0.1, 0.15) is 20.8 Å².